The molecular weight excluding hydrogens is 251 g/mol. The molecule has 0 aliphatic rings. The van der Waals surface area contributed by atoms with Crippen LogP contribution >= 0.6 is 11.3 Å². The first kappa shape index (κ1) is 12.7. The van der Waals surface area contributed by atoms with Gasteiger partial charge in [0.2, 0.25) is 5.91 Å². The lowest BCUT2D eigenvalue weighted by Crippen LogP contribution is -2.15. The molecule has 0 radical (unpaired) electrons. The summed E-state index contributed by atoms with van der Waals surface area (Å²) < 4.78 is 12.9. The quantitative estimate of drug-likeness (QED) is 0.925. The number of nitrogens with zero attached hydrogens (tertiary/aromatic N) is 1. The number of thiazole rings is 1. The van der Waals surface area contributed by atoms with E-state index >= 15 is 0 Å². The molecule has 18 heavy (non-hydrogen) atoms. The predicted octanol–water partition coefficient (Wildman–Crippen LogP) is 3.08. The molecule has 2 rings (SSSR count). The summed E-state index contributed by atoms with van der Waals surface area (Å²) in [7, 11) is 0. The lowest BCUT2D eigenvalue weighted by atomic mass is 10.2. The average molecular weight is 264 g/mol. The van der Waals surface area contributed by atoms with E-state index < -0.39 is 0 Å². The van der Waals surface area contributed by atoms with E-state index in [0.717, 1.165) is 10.7 Å². The summed E-state index contributed by atoms with van der Waals surface area (Å²) in [5.41, 5.74) is 2.10. The van der Waals surface area contributed by atoms with E-state index in [9.17, 15) is 9.18 Å². The van der Waals surface area contributed by atoms with Gasteiger partial charge < -0.3 is 5.32 Å². The Bertz CT molecular complexity index is 580. The fraction of sp³-hybridized carbons (Fsp3) is 0.231. The molecule has 1 aromatic carbocycles. The maximum Gasteiger partial charge on any atom is 0.230 e. The summed E-state index contributed by atoms with van der Waals surface area (Å²) >= 11 is 1.52. The van der Waals surface area contributed by atoms with Gasteiger partial charge in [0.05, 0.1) is 17.1 Å². The molecule has 0 fully saturated rings. The summed E-state index contributed by atoms with van der Waals surface area (Å²) in [6, 6.07) is 4.28. The number of carbonyl (C=O) groups excluding carboxylic acids is 1. The third kappa shape index (κ3) is 3.13. The summed E-state index contributed by atoms with van der Waals surface area (Å²) in [5, 5.41) is 5.56. The number of aryl methyl sites for hydroxylation is 2. The molecule has 1 N–H and O–H groups in total. The van der Waals surface area contributed by atoms with Crippen LogP contribution in [0.15, 0.2) is 23.6 Å². The van der Waals surface area contributed by atoms with E-state index in [-0.39, 0.29) is 18.1 Å². The first-order valence-electron chi connectivity index (χ1n) is 5.51. The van der Waals surface area contributed by atoms with Crippen LogP contribution in [-0.4, -0.2) is 10.9 Å². The van der Waals surface area contributed by atoms with Crippen molar-refractivity contribution < 1.29 is 9.18 Å². The van der Waals surface area contributed by atoms with Gasteiger partial charge in [0.15, 0.2) is 0 Å². The number of amides is 1. The monoisotopic (exact) mass is 264 g/mol. The van der Waals surface area contributed by atoms with Crippen LogP contribution < -0.4 is 5.32 Å². The summed E-state index contributed by atoms with van der Waals surface area (Å²) in [6.07, 6.45) is 0.237. The van der Waals surface area contributed by atoms with Crippen LogP contribution in [0.4, 0.5) is 10.1 Å². The lowest BCUT2D eigenvalue weighted by Gasteiger charge is -2.07. The van der Waals surface area contributed by atoms with Crippen LogP contribution in [0.5, 0.6) is 0 Å². The zero-order valence-corrected chi connectivity index (χ0v) is 11.0. The summed E-state index contributed by atoms with van der Waals surface area (Å²) in [4.78, 5) is 16.0. The van der Waals surface area contributed by atoms with Crippen LogP contribution in [0.1, 0.15) is 16.3 Å². The van der Waals surface area contributed by atoms with Crippen molar-refractivity contribution >= 4 is 22.9 Å². The molecule has 0 bridgehead atoms. The highest BCUT2D eigenvalue weighted by atomic mass is 32.1. The molecule has 0 aliphatic heterocycles. The summed E-state index contributed by atoms with van der Waals surface area (Å²) in [5.74, 6) is -0.448. The van der Waals surface area contributed by atoms with Gasteiger partial charge in [-0.3, -0.25) is 4.79 Å². The van der Waals surface area contributed by atoms with Crippen molar-refractivity contribution in [1.82, 2.24) is 4.98 Å². The Labute approximate surface area is 109 Å². The number of anilines is 1. The molecular formula is C13H13FN2OS. The van der Waals surface area contributed by atoms with Gasteiger partial charge in [-0.15, -0.1) is 11.3 Å². The number of hydrogen-bond acceptors (Lipinski definition) is 3. The Hall–Kier alpha value is -1.75. The fourth-order valence-electron chi connectivity index (χ4n) is 1.62. The van der Waals surface area contributed by atoms with Crippen molar-refractivity contribution in [2.75, 3.05) is 5.32 Å². The maximum absolute atomic E-state index is 12.9. The van der Waals surface area contributed by atoms with E-state index in [1.54, 1.807) is 13.0 Å². The molecule has 94 valence electrons. The average Bonchev–Trinajstić information content (AvgIpc) is 2.68. The second-order valence-electron chi connectivity index (χ2n) is 4.04. The molecule has 3 nitrogen and oxygen atoms in total. The molecule has 0 aliphatic carbocycles. The number of benzene rings is 1. The lowest BCUT2D eigenvalue weighted by molar-refractivity contribution is -0.115. The summed E-state index contributed by atoms with van der Waals surface area (Å²) in [6.45, 7) is 3.65. The number of hydrogen-bond donors (Lipinski definition) is 1. The second kappa shape index (κ2) is 5.27. The highest BCUT2D eigenvalue weighted by Gasteiger charge is 2.08. The van der Waals surface area contributed by atoms with Crippen molar-refractivity contribution in [3.8, 4) is 0 Å². The Kier molecular flexibility index (Phi) is 3.72. The molecule has 0 spiro atoms. The minimum absolute atomic E-state index is 0.144. The number of halogens is 1. The number of aromatic nitrogens is 1. The van der Waals surface area contributed by atoms with Gasteiger partial charge in [0.1, 0.15) is 5.82 Å². The van der Waals surface area contributed by atoms with Crippen LogP contribution in [-0.2, 0) is 11.2 Å². The largest absolute Gasteiger partial charge is 0.326 e. The zero-order chi connectivity index (χ0) is 13.1. The Morgan fingerprint density at radius 1 is 1.44 bits per heavy atom. The van der Waals surface area contributed by atoms with Gasteiger partial charge in [0.25, 0.3) is 0 Å². The van der Waals surface area contributed by atoms with Crippen molar-refractivity contribution in [2.24, 2.45) is 0 Å². The Balaban J connectivity index is 2.03. The molecule has 0 saturated heterocycles. The first-order chi connectivity index (χ1) is 8.54. The topological polar surface area (TPSA) is 42.0 Å². The highest BCUT2D eigenvalue weighted by molar-refractivity contribution is 7.09. The second-order valence-corrected chi connectivity index (χ2v) is 5.10. The van der Waals surface area contributed by atoms with Gasteiger partial charge in [-0.2, -0.15) is 0 Å². The van der Waals surface area contributed by atoms with Crippen LogP contribution in [0, 0.1) is 19.7 Å². The molecule has 1 heterocycles. The number of nitrogens with one attached hydrogen (secondary N) is 1. The van der Waals surface area contributed by atoms with Crippen molar-refractivity contribution in [3.63, 3.8) is 0 Å². The molecule has 1 aromatic heterocycles. The smallest absolute Gasteiger partial charge is 0.230 e. The van der Waals surface area contributed by atoms with E-state index in [1.807, 2.05) is 12.3 Å². The number of rotatable bonds is 3. The van der Waals surface area contributed by atoms with Gasteiger partial charge in [0, 0.05) is 11.1 Å². The normalized spacial score (nSPS) is 10.4. The molecule has 5 heteroatoms. The van der Waals surface area contributed by atoms with Crippen LogP contribution in [0.2, 0.25) is 0 Å². The molecule has 2 aromatic rings. The van der Waals surface area contributed by atoms with E-state index in [4.69, 9.17) is 0 Å². The molecule has 0 atom stereocenters. The SMILES string of the molecule is Cc1nc(CC(=O)Nc2ccc(F)cc2C)cs1. The van der Waals surface area contributed by atoms with E-state index in [1.165, 1.54) is 23.5 Å². The van der Waals surface area contributed by atoms with Crippen molar-refractivity contribution in [2.45, 2.75) is 20.3 Å². The molecule has 0 saturated carbocycles. The Morgan fingerprint density at radius 2 is 2.22 bits per heavy atom. The maximum atomic E-state index is 12.9. The molecule has 0 unspecified atom stereocenters. The third-order valence-electron chi connectivity index (χ3n) is 2.47. The first-order valence-corrected chi connectivity index (χ1v) is 6.39. The highest BCUT2D eigenvalue weighted by Crippen LogP contribution is 2.16. The standard InChI is InChI=1S/C13H13FN2OS/c1-8-5-10(14)3-4-12(8)16-13(17)6-11-7-18-9(2)15-11/h3-5,7H,6H2,1-2H3,(H,16,17). The van der Waals surface area contributed by atoms with Gasteiger partial charge >= 0.3 is 0 Å². The minimum atomic E-state index is -0.305. The van der Waals surface area contributed by atoms with Gasteiger partial charge in [-0.1, -0.05) is 0 Å². The van der Waals surface area contributed by atoms with Crippen LogP contribution in [0.25, 0.3) is 0 Å². The predicted molar refractivity (Wildman–Crippen MR) is 70.3 cm³/mol. The van der Waals surface area contributed by atoms with Crippen molar-refractivity contribution in [3.05, 3.63) is 45.7 Å². The fourth-order valence-corrected chi connectivity index (χ4v) is 2.23. The van der Waals surface area contributed by atoms with Crippen LogP contribution in [0.3, 0.4) is 0 Å². The Morgan fingerprint density at radius 3 is 2.83 bits per heavy atom. The van der Waals surface area contributed by atoms with Gasteiger partial charge in [-0.25, -0.2) is 9.37 Å². The zero-order valence-electron chi connectivity index (χ0n) is 10.2. The minimum Gasteiger partial charge on any atom is -0.326 e. The van der Waals surface area contributed by atoms with E-state index in [0.29, 0.717) is 11.3 Å². The van der Waals surface area contributed by atoms with Gasteiger partial charge in [-0.05, 0) is 37.6 Å². The van der Waals surface area contributed by atoms with E-state index in [2.05, 4.69) is 10.3 Å². The molecule has 1 amide bonds. The number of carbonyl (C=O) groups is 1. The van der Waals surface area contributed by atoms with Crippen molar-refractivity contribution in [1.29, 1.82) is 0 Å². The third-order valence-corrected chi connectivity index (χ3v) is 3.29.